The van der Waals surface area contributed by atoms with E-state index < -0.39 is 94.2 Å². The number of nitrogens with one attached hydrogen (secondary N) is 2. The van der Waals surface area contributed by atoms with E-state index >= 15 is 0 Å². The zero-order chi connectivity index (χ0) is 26.9. The number of hydrogen-bond donors (Lipinski definition) is 2. The maximum atomic E-state index is 14.2. The Hall–Kier alpha value is -2.71. The van der Waals surface area contributed by atoms with E-state index in [4.69, 9.17) is 4.78 Å². The first-order chi connectivity index (χ1) is 16.3. The molecule has 2 aromatic heterocycles. The molecule has 15 heteroatoms. The molecule has 7 nitrogen and oxygen atoms in total. The van der Waals surface area contributed by atoms with Gasteiger partial charge in [-0.15, -0.1) is 0 Å². The van der Waals surface area contributed by atoms with Crippen molar-refractivity contribution < 1.29 is 39.7 Å². The molecule has 198 valence electrons. The Morgan fingerprint density at radius 3 is 2.33 bits per heavy atom. The third kappa shape index (κ3) is 5.20. The number of aromatic nitrogens is 3. The number of anilines is 1. The quantitative estimate of drug-likeness (QED) is 0.470. The summed E-state index contributed by atoms with van der Waals surface area (Å²) < 4.78 is 117. The fraction of sp³-hybridized carbons (Fsp3) is 0.571. The number of hydrogen-bond acceptors (Lipinski definition) is 5. The van der Waals surface area contributed by atoms with Crippen molar-refractivity contribution in [2.75, 3.05) is 11.6 Å². The Labute approximate surface area is 201 Å². The summed E-state index contributed by atoms with van der Waals surface area (Å²) >= 11 is 0. The summed E-state index contributed by atoms with van der Waals surface area (Å²) in [6.45, 7) is 0.952. The summed E-state index contributed by atoms with van der Waals surface area (Å²) in [5.41, 5.74) is -4.51. The number of alkyl halides is 7. The van der Waals surface area contributed by atoms with Crippen LogP contribution in [0.25, 0.3) is 0 Å². The number of rotatable bonds is 6. The Morgan fingerprint density at radius 1 is 1.22 bits per heavy atom. The number of carbonyl (C=O) groups is 1. The zero-order valence-electron chi connectivity index (χ0n) is 19.1. The van der Waals surface area contributed by atoms with Crippen LogP contribution in [0.3, 0.4) is 0 Å². The standard InChI is InChI=1S/C21H22F7N5O2S/c1-18(8-20(24,25)9-18)10-33-16(17(34)31-12-3-4-30-13(5-12)36(2,29)35)14(21(26,27)28)15(32-33)11-6-19(22,23)7-11/h3-5,11,29H,6-10H2,1-2H3,(H,30,31,34)/t36-/m0/s1. The lowest BCUT2D eigenvalue weighted by Crippen LogP contribution is -2.47. The molecule has 0 unspecified atom stereocenters. The lowest BCUT2D eigenvalue weighted by Gasteiger charge is -2.44. The predicted molar refractivity (Wildman–Crippen MR) is 114 cm³/mol. The molecule has 0 aliphatic heterocycles. The van der Waals surface area contributed by atoms with Crippen LogP contribution in [0.4, 0.5) is 36.4 Å². The van der Waals surface area contributed by atoms with E-state index in [1.807, 2.05) is 0 Å². The van der Waals surface area contributed by atoms with Crippen LogP contribution >= 0.6 is 0 Å². The van der Waals surface area contributed by atoms with Gasteiger partial charge in [0, 0.05) is 56.3 Å². The third-order valence-electron chi connectivity index (χ3n) is 6.25. The van der Waals surface area contributed by atoms with Crippen molar-refractivity contribution in [2.24, 2.45) is 5.41 Å². The molecule has 0 aromatic carbocycles. The monoisotopic (exact) mass is 541 g/mol. The second-order valence-electron chi connectivity index (χ2n) is 9.93. The Bertz CT molecular complexity index is 1300. The minimum absolute atomic E-state index is 0.120. The fourth-order valence-corrected chi connectivity index (χ4v) is 5.42. The van der Waals surface area contributed by atoms with Gasteiger partial charge in [-0.1, -0.05) is 6.92 Å². The van der Waals surface area contributed by atoms with E-state index in [2.05, 4.69) is 15.4 Å². The van der Waals surface area contributed by atoms with E-state index in [-0.39, 0.29) is 10.7 Å². The highest BCUT2D eigenvalue weighted by Gasteiger charge is 2.56. The molecule has 2 aromatic rings. The predicted octanol–water partition coefficient (Wildman–Crippen LogP) is 5.53. The largest absolute Gasteiger partial charge is 0.420 e. The summed E-state index contributed by atoms with van der Waals surface area (Å²) in [5.74, 6) is -8.75. The van der Waals surface area contributed by atoms with Gasteiger partial charge in [-0.3, -0.25) is 9.48 Å². The van der Waals surface area contributed by atoms with Gasteiger partial charge < -0.3 is 5.32 Å². The summed E-state index contributed by atoms with van der Waals surface area (Å²) in [6, 6.07) is 2.25. The van der Waals surface area contributed by atoms with E-state index in [1.54, 1.807) is 0 Å². The van der Waals surface area contributed by atoms with E-state index in [0.717, 1.165) is 18.5 Å². The maximum Gasteiger partial charge on any atom is 0.420 e. The average molecular weight is 541 g/mol. The Morgan fingerprint density at radius 2 is 1.83 bits per heavy atom. The smallest absolute Gasteiger partial charge is 0.320 e. The van der Waals surface area contributed by atoms with E-state index in [0.29, 0.717) is 4.68 Å². The van der Waals surface area contributed by atoms with E-state index in [1.165, 1.54) is 13.0 Å². The van der Waals surface area contributed by atoms with Crippen LogP contribution in [-0.2, 0) is 22.5 Å². The van der Waals surface area contributed by atoms with Crippen molar-refractivity contribution in [3.05, 3.63) is 35.3 Å². The van der Waals surface area contributed by atoms with Crippen molar-refractivity contribution in [3.8, 4) is 0 Å². The molecular formula is C21H22F7N5O2S. The molecule has 2 aliphatic carbocycles. The number of nitrogens with zero attached hydrogens (tertiary/aromatic N) is 3. The number of amides is 1. The second kappa shape index (κ2) is 8.15. The molecule has 2 saturated carbocycles. The highest BCUT2D eigenvalue weighted by Crippen LogP contribution is 2.54. The topological polar surface area (TPSA) is 101 Å². The fourth-order valence-electron chi connectivity index (χ4n) is 4.81. The van der Waals surface area contributed by atoms with Crippen molar-refractivity contribution in [3.63, 3.8) is 0 Å². The van der Waals surface area contributed by atoms with Gasteiger partial charge in [0.15, 0.2) is 0 Å². The minimum atomic E-state index is -5.15. The molecule has 4 rings (SSSR count). The van der Waals surface area contributed by atoms with Crippen molar-refractivity contribution in [1.82, 2.24) is 14.8 Å². The van der Waals surface area contributed by atoms with Crippen LogP contribution in [0.2, 0.25) is 0 Å². The molecular weight excluding hydrogens is 519 g/mol. The van der Waals surface area contributed by atoms with Crippen LogP contribution < -0.4 is 5.32 Å². The summed E-state index contributed by atoms with van der Waals surface area (Å²) in [5, 5.41) is 5.86. The van der Waals surface area contributed by atoms with Crippen molar-refractivity contribution >= 4 is 21.3 Å². The van der Waals surface area contributed by atoms with E-state index in [9.17, 15) is 39.7 Å². The minimum Gasteiger partial charge on any atom is -0.320 e. The van der Waals surface area contributed by atoms with Crippen LogP contribution in [0.5, 0.6) is 0 Å². The van der Waals surface area contributed by atoms with Gasteiger partial charge in [-0.25, -0.2) is 31.5 Å². The molecule has 2 N–H and O–H groups in total. The van der Waals surface area contributed by atoms with Gasteiger partial charge >= 0.3 is 6.18 Å². The first-order valence-corrected chi connectivity index (χ1v) is 12.7. The molecule has 2 fully saturated rings. The zero-order valence-corrected chi connectivity index (χ0v) is 19.9. The first kappa shape index (κ1) is 26.4. The summed E-state index contributed by atoms with van der Waals surface area (Å²) in [6.07, 6.45) is -6.03. The van der Waals surface area contributed by atoms with Crippen LogP contribution in [0.1, 0.15) is 60.3 Å². The summed E-state index contributed by atoms with van der Waals surface area (Å²) in [4.78, 5) is 16.9. The normalized spacial score (nSPS) is 22.2. The molecule has 1 amide bonds. The summed E-state index contributed by atoms with van der Waals surface area (Å²) in [7, 11) is -3.31. The number of pyridine rings is 1. The van der Waals surface area contributed by atoms with Gasteiger partial charge in [-0.2, -0.15) is 18.3 Å². The Kier molecular flexibility index (Phi) is 5.97. The molecule has 0 radical (unpaired) electrons. The molecule has 2 aliphatic rings. The van der Waals surface area contributed by atoms with Gasteiger partial charge in [-0.05, 0) is 17.5 Å². The SMILES string of the molecule is CC1(Cn2nc(C3CC(F)(F)C3)c(C(F)(F)F)c2C(=O)Nc2ccnc([S@@](C)(=N)=O)c2)CC(F)(F)C1. The molecule has 0 bridgehead atoms. The second-order valence-corrected chi connectivity index (χ2v) is 12.0. The number of halogens is 7. The van der Waals surface area contributed by atoms with Crippen LogP contribution in [0, 0.1) is 10.2 Å². The maximum absolute atomic E-state index is 14.2. The number of carbonyl (C=O) groups excluding carboxylic acids is 1. The third-order valence-corrected chi connectivity index (χ3v) is 7.27. The van der Waals surface area contributed by atoms with Gasteiger partial charge in [0.05, 0.1) is 15.4 Å². The van der Waals surface area contributed by atoms with Gasteiger partial charge in [0.25, 0.3) is 5.91 Å². The van der Waals surface area contributed by atoms with Gasteiger partial charge in [0.1, 0.15) is 16.3 Å². The molecule has 36 heavy (non-hydrogen) atoms. The van der Waals surface area contributed by atoms with Crippen molar-refractivity contribution in [2.45, 2.75) is 68.1 Å². The van der Waals surface area contributed by atoms with Crippen molar-refractivity contribution in [1.29, 1.82) is 4.78 Å². The lowest BCUT2D eigenvalue weighted by atomic mass is 9.67. The molecule has 0 spiro atoms. The lowest BCUT2D eigenvalue weighted by molar-refractivity contribution is -0.160. The Balaban J connectivity index is 1.77. The first-order valence-electron chi connectivity index (χ1n) is 10.7. The average Bonchev–Trinajstić information content (AvgIpc) is 3.02. The molecule has 1 atom stereocenters. The van der Waals surface area contributed by atoms with Gasteiger partial charge in [0.2, 0.25) is 11.8 Å². The highest BCUT2D eigenvalue weighted by molar-refractivity contribution is 7.91. The highest BCUT2D eigenvalue weighted by atomic mass is 32.2. The molecule has 2 heterocycles. The van der Waals surface area contributed by atoms with Crippen LogP contribution in [-0.4, -0.2) is 43.0 Å². The molecule has 0 saturated heterocycles. The van der Waals surface area contributed by atoms with Crippen LogP contribution in [0.15, 0.2) is 23.4 Å².